The van der Waals surface area contributed by atoms with Crippen molar-refractivity contribution >= 4 is 11.6 Å². The van der Waals surface area contributed by atoms with Gasteiger partial charge in [-0.1, -0.05) is 6.07 Å². The van der Waals surface area contributed by atoms with E-state index in [-0.39, 0.29) is 11.4 Å². The number of aliphatic hydroxyl groups is 3. The summed E-state index contributed by atoms with van der Waals surface area (Å²) in [5.74, 6) is -0.569. The third kappa shape index (κ3) is 4.67. The standard InChI is InChI=1S/C12H16N2O7/c15-6-12(7-16,8-17)13-11(18)5-21-10-3-1-2-9(4-10)14(19)20/h1-4,15-17H,5-8H2,(H,13,18). The Labute approximate surface area is 119 Å². The molecule has 0 aliphatic rings. The van der Waals surface area contributed by atoms with Gasteiger partial charge in [-0.25, -0.2) is 0 Å². The van der Waals surface area contributed by atoms with Gasteiger partial charge in [0.2, 0.25) is 0 Å². The molecule has 0 aliphatic carbocycles. The van der Waals surface area contributed by atoms with E-state index >= 15 is 0 Å². The number of non-ortho nitro benzene ring substituents is 1. The number of nitrogens with zero attached hydrogens (tertiary/aromatic N) is 1. The Balaban J connectivity index is 2.61. The maximum Gasteiger partial charge on any atom is 0.273 e. The molecule has 0 aromatic heterocycles. The number of nitrogens with one attached hydrogen (secondary N) is 1. The number of benzene rings is 1. The molecule has 0 unspecified atom stereocenters. The van der Waals surface area contributed by atoms with Gasteiger partial charge < -0.3 is 25.4 Å². The van der Waals surface area contributed by atoms with Crippen molar-refractivity contribution in [3.05, 3.63) is 34.4 Å². The van der Waals surface area contributed by atoms with Crippen LogP contribution in [-0.4, -0.2) is 58.1 Å². The number of carbonyl (C=O) groups is 1. The molecule has 1 rings (SSSR count). The quantitative estimate of drug-likeness (QED) is 0.349. The predicted octanol–water partition coefficient (Wildman–Crippen LogP) is -1.19. The van der Waals surface area contributed by atoms with Crippen LogP contribution in [0.25, 0.3) is 0 Å². The number of nitro groups is 1. The Morgan fingerprint density at radius 3 is 2.43 bits per heavy atom. The molecule has 1 aromatic carbocycles. The second-order valence-corrected chi connectivity index (χ2v) is 4.35. The Kier molecular flexibility index (Phi) is 6.03. The van der Waals surface area contributed by atoms with Gasteiger partial charge in [-0.2, -0.15) is 0 Å². The molecular weight excluding hydrogens is 284 g/mol. The molecule has 0 aliphatic heterocycles. The molecule has 0 spiro atoms. The first kappa shape index (κ1) is 16.8. The average Bonchev–Trinajstić information content (AvgIpc) is 2.51. The number of nitro benzene ring substituents is 1. The maximum absolute atomic E-state index is 11.6. The lowest BCUT2D eigenvalue weighted by atomic mass is 10.0. The molecule has 0 saturated carbocycles. The normalized spacial score (nSPS) is 11.0. The highest BCUT2D eigenvalue weighted by Crippen LogP contribution is 2.18. The topological polar surface area (TPSA) is 142 Å². The molecule has 0 radical (unpaired) electrons. The van der Waals surface area contributed by atoms with E-state index in [1.165, 1.54) is 18.2 Å². The Hall–Kier alpha value is -2.23. The summed E-state index contributed by atoms with van der Waals surface area (Å²) in [5, 5.41) is 40.0. The van der Waals surface area contributed by atoms with Crippen molar-refractivity contribution < 1.29 is 29.8 Å². The van der Waals surface area contributed by atoms with Gasteiger partial charge in [0.25, 0.3) is 11.6 Å². The first-order valence-electron chi connectivity index (χ1n) is 5.97. The minimum Gasteiger partial charge on any atom is -0.484 e. The first-order chi connectivity index (χ1) is 9.96. The summed E-state index contributed by atoms with van der Waals surface area (Å²) in [6, 6.07) is 5.29. The third-order valence-electron chi connectivity index (χ3n) is 2.71. The van der Waals surface area contributed by atoms with Crippen molar-refractivity contribution in [2.45, 2.75) is 5.54 Å². The smallest absolute Gasteiger partial charge is 0.273 e. The molecule has 21 heavy (non-hydrogen) atoms. The van der Waals surface area contributed by atoms with Crippen molar-refractivity contribution in [2.24, 2.45) is 0 Å². The van der Waals surface area contributed by atoms with E-state index in [1.54, 1.807) is 0 Å². The van der Waals surface area contributed by atoms with Crippen molar-refractivity contribution in [3.63, 3.8) is 0 Å². The summed E-state index contributed by atoms with van der Waals surface area (Å²) >= 11 is 0. The SMILES string of the molecule is O=C(COc1cccc([N+](=O)[O-])c1)NC(CO)(CO)CO. The Morgan fingerprint density at radius 2 is 1.90 bits per heavy atom. The van der Waals surface area contributed by atoms with E-state index in [4.69, 9.17) is 20.1 Å². The zero-order valence-electron chi connectivity index (χ0n) is 11.1. The molecule has 0 heterocycles. The van der Waals surface area contributed by atoms with Crippen LogP contribution in [0, 0.1) is 10.1 Å². The molecule has 1 amide bonds. The van der Waals surface area contributed by atoms with E-state index < -0.39 is 42.8 Å². The summed E-state index contributed by atoms with van der Waals surface area (Å²) in [4.78, 5) is 21.6. The highest BCUT2D eigenvalue weighted by molar-refractivity contribution is 5.78. The summed E-state index contributed by atoms with van der Waals surface area (Å²) in [6.45, 7) is -2.43. The number of rotatable bonds is 8. The molecule has 0 fully saturated rings. The van der Waals surface area contributed by atoms with Gasteiger partial charge in [-0.3, -0.25) is 14.9 Å². The maximum atomic E-state index is 11.6. The van der Waals surface area contributed by atoms with Crippen LogP contribution in [0.1, 0.15) is 0 Å². The van der Waals surface area contributed by atoms with Crippen LogP contribution in [0.15, 0.2) is 24.3 Å². The summed E-state index contributed by atoms with van der Waals surface area (Å²) in [7, 11) is 0. The monoisotopic (exact) mass is 300 g/mol. The average molecular weight is 300 g/mol. The van der Waals surface area contributed by atoms with Gasteiger partial charge in [-0.15, -0.1) is 0 Å². The van der Waals surface area contributed by atoms with E-state index in [0.717, 1.165) is 6.07 Å². The Morgan fingerprint density at radius 1 is 1.29 bits per heavy atom. The van der Waals surface area contributed by atoms with Gasteiger partial charge >= 0.3 is 0 Å². The van der Waals surface area contributed by atoms with Gasteiger partial charge in [0, 0.05) is 6.07 Å². The molecule has 4 N–H and O–H groups in total. The molecule has 1 aromatic rings. The minimum absolute atomic E-state index is 0.127. The van der Waals surface area contributed by atoms with Crippen LogP contribution in [0.5, 0.6) is 5.75 Å². The number of hydrogen-bond acceptors (Lipinski definition) is 7. The fourth-order valence-corrected chi connectivity index (χ4v) is 1.44. The van der Waals surface area contributed by atoms with Gasteiger partial charge in [0.05, 0.1) is 30.8 Å². The number of ether oxygens (including phenoxy) is 1. The van der Waals surface area contributed by atoms with Crippen LogP contribution < -0.4 is 10.1 Å². The zero-order valence-corrected chi connectivity index (χ0v) is 11.1. The molecule has 116 valence electrons. The number of hydrogen-bond donors (Lipinski definition) is 4. The van der Waals surface area contributed by atoms with Gasteiger partial charge in [0.1, 0.15) is 11.3 Å². The largest absolute Gasteiger partial charge is 0.484 e. The molecule has 0 atom stereocenters. The van der Waals surface area contributed by atoms with Crippen molar-refractivity contribution in [1.29, 1.82) is 0 Å². The second-order valence-electron chi connectivity index (χ2n) is 4.35. The van der Waals surface area contributed by atoms with E-state index in [1.807, 2.05) is 0 Å². The third-order valence-corrected chi connectivity index (χ3v) is 2.71. The summed E-state index contributed by atoms with van der Waals surface area (Å²) < 4.78 is 5.08. The van der Waals surface area contributed by atoms with E-state index in [2.05, 4.69) is 5.32 Å². The molecule has 9 heteroatoms. The zero-order chi connectivity index (χ0) is 15.9. The van der Waals surface area contributed by atoms with Crippen LogP contribution in [0.4, 0.5) is 5.69 Å². The van der Waals surface area contributed by atoms with Crippen LogP contribution in [0.2, 0.25) is 0 Å². The number of aliphatic hydroxyl groups excluding tert-OH is 3. The lowest BCUT2D eigenvalue weighted by Gasteiger charge is -2.28. The first-order valence-corrected chi connectivity index (χ1v) is 5.97. The van der Waals surface area contributed by atoms with E-state index in [9.17, 15) is 14.9 Å². The second kappa shape index (κ2) is 7.53. The molecule has 0 saturated heterocycles. The van der Waals surface area contributed by atoms with E-state index in [0.29, 0.717) is 0 Å². The summed E-state index contributed by atoms with van der Waals surface area (Å²) in [5.41, 5.74) is -1.72. The highest BCUT2D eigenvalue weighted by atomic mass is 16.6. The molecule has 0 bridgehead atoms. The number of carbonyl (C=O) groups excluding carboxylic acids is 1. The minimum atomic E-state index is -1.54. The van der Waals surface area contributed by atoms with Crippen molar-refractivity contribution in [1.82, 2.24) is 5.32 Å². The Bertz CT molecular complexity index is 494. The van der Waals surface area contributed by atoms with Gasteiger partial charge in [-0.05, 0) is 6.07 Å². The molecular formula is C12H16N2O7. The summed E-state index contributed by atoms with van der Waals surface area (Å²) in [6.07, 6.45) is 0. The van der Waals surface area contributed by atoms with Gasteiger partial charge in [0.15, 0.2) is 6.61 Å². The predicted molar refractivity (Wildman–Crippen MR) is 70.7 cm³/mol. The van der Waals surface area contributed by atoms with Crippen LogP contribution in [-0.2, 0) is 4.79 Å². The molecule has 9 nitrogen and oxygen atoms in total. The fraction of sp³-hybridized carbons (Fsp3) is 0.417. The lowest BCUT2D eigenvalue weighted by molar-refractivity contribution is -0.384. The van der Waals surface area contributed by atoms with Crippen LogP contribution in [0.3, 0.4) is 0 Å². The lowest BCUT2D eigenvalue weighted by Crippen LogP contribution is -2.58. The van der Waals surface area contributed by atoms with Crippen LogP contribution >= 0.6 is 0 Å². The highest BCUT2D eigenvalue weighted by Gasteiger charge is 2.29. The van der Waals surface area contributed by atoms with Crippen molar-refractivity contribution in [3.8, 4) is 5.75 Å². The van der Waals surface area contributed by atoms with Crippen molar-refractivity contribution in [2.75, 3.05) is 26.4 Å². The number of amides is 1. The fourth-order valence-electron chi connectivity index (χ4n) is 1.44.